The fourth-order valence-corrected chi connectivity index (χ4v) is 1.39. The van der Waals surface area contributed by atoms with Crippen LogP contribution in [-0.4, -0.2) is 58.2 Å². The number of nitrogens with one attached hydrogen (secondary N) is 1. The summed E-state index contributed by atoms with van der Waals surface area (Å²) in [6, 6.07) is 6.54. The summed E-state index contributed by atoms with van der Waals surface area (Å²) in [5.41, 5.74) is 1.21. The van der Waals surface area contributed by atoms with Gasteiger partial charge in [0.15, 0.2) is 0 Å². The van der Waals surface area contributed by atoms with Crippen molar-refractivity contribution in [2.45, 2.75) is 18.3 Å². The summed E-state index contributed by atoms with van der Waals surface area (Å²) >= 11 is 0. The van der Waals surface area contributed by atoms with Crippen LogP contribution in [0.1, 0.15) is 10.4 Å². The zero-order valence-corrected chi connectivity index (χ0v) is 9.73. The predicted molar refractivity (Wildman–Crippen MR) is 65.4 cm³/mol. The number of aliphatic hydroxyl groups is 4. The van der Waals surface area contributed by atoms with Gasteiger partial charge in [-0.05, 0) is 24.3 Å². The van der Waals surface area contributed by atoms with Gasteiger partial charge in [0.05, 0.1) is 12.7 Å². The molecule has 0 spiro atoms. The van der Waals surface area contributed by atoms with Crippen LogP contribution in [0.2, 0.25) is 0 Å². The third-order valence-corrected chi connectivity index (χ3v) is 2.54. The smallest absolute Gasteiger partial charge is 0.150 e. The van der Waals surface area contributed by atoms with Crippen LogP contribution in [0.5, 0.6) is 0 Å². The molecular weight excluding hydrogens is 238 g/mol. The molecule has 100 valence electrons. The number of rotatable bonds is 7. The van der Waals surface area contributed by atoms with Gasteiger partial charge in [-0.3, -0.25) is 4.79 Å². The minimum Gasteiger partial charge on any atom is -0.394 e. The van der Waals surface area contributed by atoms with Crippen LogP contribution in [-0.2, 0) is 0 Å². The normalized spacial score (nSPS) is 15.8. The molecule has 0 radical (unpaired) electrons. The zero-order chi connectivity index (χ0) is 13.5. The van der Waals surface area contributed by atoms with Crippen molar-refractivity contribution in [3.05, 3.63) is 29.8 Å². The highest BCUT2D eigenvalue weighted by atomic mass is 16.4. The molecule has 0 saturated carbocycles. The van der Waals surface area contributed by atoms with Gasteiger partial charge in [0.25, 0.3) is 0 Å². The van der Waals surface area contributed by atoms with E-state index in [4.69, 9.17) is 10.2 Å². The third kappa shape index (κ3) is 4.08. The second kappa shape index (κ2) is 7.07. The lowest BCUT2D eigenvalue weighted by Gasteiger charge is -2.22. The zero-order valence-electron chi connectivity index (χ0n) is 9.73. The van der Waals surface area contributed by atoms with Gasteiger partial charge in [0.1, 0.15) is 18.5 Å². The first-order chi connectivity index (χ1) is 8.58. The number of anilines is 1. The van der Waals surface area contributed by atoms with Crippen molar-refractivity contribution in [2.75, 3.05) is 18.5 Å². The van der Waals surface area contributed by atoms with E-state index in [1.54, 1.807) is 24.3 Å². The SMILES string of the molecule is O=Cc1ccc(NC[C@H](O)[C@H](O)[C@H](O)CO)cc1. The Morgan fingerprint density at radius 3 is 2.22 bits per heavy atom. The number of benzene rings is 1. The topological polar surface area (TPSA) is 110 Å². The van der Waals surface area contributed by atoms with E-state index in [9.17, 15) is 15.0 Å². The van der Waals surface area contributed by atoms with Crippen LogP contribution >= 0.6 is 0 Å². The van der Waals surface area contributed by atoms with Crippen LogP contribution in [0.4, 0.5) is 5.69 Å². The fraction of sp³-hybridized carbons (Fsp3) is 0.417. The van der Waals surface area contributed by atoms with Crippen molar-refractivity contribution in [1.82, 2.24) is 0 Å². The van der Waals surface area contributed by atoms with Gasteiger partial charge in [-0.1, -0.05) is 0 Å². The second-order valence-electron chi connectivity index (χ2n) is 3.93. The Balaban J connectivity index is 2.46. The van der Waals surface area contributed by atoms with E-state index < -0.39 is 24.9 Å². The van der Waals surface area contributed by atoms with Gasteiger partial charge in [-0.2, -0.15) is 0 Å². The Morgan fingerprint density at radius 2 is 1.72 bits per heavy atom. The third-order valence-electron chi connectivity index (χ3n) is 2.54. The quantitative estimate of drug-likeness (QED) is 0.399. The average molecular weight is 255 g/mol. The molecule has 5 N–H and O–H groups in total. The Hall–Kier alpha value is -1.47. The standard InChI is InChI=1S/C12H17NO5/c14-6-8-1-3-9(4-2-8)13-5-10(16)12(18)11(17)7-15/h1-4,6,10-13,15-18H,5,7H2/t10-,11+,12-/m0/s1. The Kier molecular flexibility index (Phi) is 5.73. The molecule has 0 aliphatic carbocycles. The van der Waals surface area contributed by atoms with Gasteiger partial charge in [0, 0.05) is 17.8 Å². The lowest BCUT2D eigenvalue weighted by molar-refractivity contribution is -0.0715. The molecule has 0 heterocycles. The number of carbonyl (C=O) groups excluding carboxylic acids is 1. The molecule has 0 bridgehead atoms. The van der Waals surface area contributed by atoms with E-state index in [2.05, 4.69) is 5.32 Å². The van der Waals surface area contributed by atoms with E-state index in [0.717, 1.165) is 6.29 Å². The van der Waals surface area contributed by atoms with Crippen LogP contribution in [0.15, 0.2) is 24.3 Å². The average Bonchev–Trinajstić information content (AvgIpc) is 2.43. The van der Waals surface area contributed by atoms with E-state index in [-0.39, 0.29) is 6.54 Å². The van der Waals surface area contributed by atoms with Crippen molar-refractivity contribution in [1.29, 1.82) is 0 Å². The first-order valence-corrected chi connectivity index (χ1v) is 5.52. The first-order valence-electron chi connectivity index (χ1n) is 5.52. The highest BCUT2D eigenvalue weighted by Gasteiger charge is 2.23. The maximum absolute atomic E-state index is 10.4. The van der Waals surface area contributed by atoms with Crippen molar-refractivity contribution in [3.63, 3.8) is 0 Å². The molecule has 0 fully saturated rings. The monoisotopic (exact) mass is 255 g/mol. The van der Waals surface area contributed by atoms with Crippen molar-refractivity contribution in [2.24, 2.45) is 0 Å². The van der Waals surface area contributed by atoms with Crippen molar-refractivity contribution in [3.8, 4) is 0 Å². The largest absolute Gasteiger partial charge is 0.394 e. The van der Waals surface area contributed by atoms with Gasteiger partial charge in [-0.25, -0.2) is 0 Å². The Labute approximate surface area is 105 Å². The summed E-state index contributed by atoms with van der Waals surface area (Å²) < 4.78 is 0. The summed E-state index contributed by atoms with van der Waals surface area (Å²) in [6.07, 6.45) is -3.28. The first kappa shape index (κ1) is 14.6. The second-order valence-corrected chi connectivity index (χ2v) is 3.93. The van der Waals surface area contributed by atoms with E-state index in [1.165, 1.54) is 0 Å². The lowest BCUT2D eigenvalue weighted by Crippen LogP contribution is -2.42. The van der Waals surface area contributed by atoms with Crippen molar-refractivity contribution >= 4 is 12.0 Å². The molecule has 0 amide bonds. The fourth-order valence-electron chi connectivity index (χ4n) is 1.39. The molecule has 0 aliphatic rings. The van der Waals surface area contributed by atoms with E-state index >= 15 is 0 Å². The molecule has 1 rings (SSSR count). The minimum atomic E-state index is -1.42. The van der Waals surface area contributed by atoms with Gasteiger partial charge in [0.2, 0.25) is 0 Å². The number of hydrogen-bond acceptors (Lipinski definition) is 6. The minimum absolute atomic E-state index is 0.0126. The van der Waals surface area contributed by atoms with Gasteiger partial charge >= 0.3 is 0 Å². The molecule has 6 nitrogen and oxygen atoms in total. The molecule has 0 saturated heterocycles. The molecule has 1 aromatic carbocycles. The maximum atomic E-state index is 10.4. The molecule has 0 aromatic heterocycles. The summed E-state index contributed by atoms with van der Waals surface area (Å²) in [6.45, 7) is -0.606. The number of aliphatic hydroxyl groups excluding tert-OH is 4. The molecule has 6 heteroatoms. The number of hydrogen-bond donors (Lipinski definition) is 5. The van der Waals surface area contributed by atoms with E-state index in [1.807, 2.05) is 0 Å². The van der Waals surface area contributed by atoms with Crippen LogP contribution < -0.4 is 5.32 Å². The molecular formula is C12H17NO5. The molecule has 18 heavy (non-hydrogen) atoms. The highest BCUT2D eigenvalue weighted by molar-refractivity contribution is 5.75. The Morgan fingerprint density at radius 1 is 1.11 bits per heavy atom. The molecule has 0 aliphatic heterocycles. The molecule has 0 unspecified atom stereocenters. The van der Waals surface area contributed by atoms with Crippen LogP contribution in [0.3, 0.4) is 0 Å². The van der Waals surface area contributed by atoms with Crippen LogP contribution in [0, 0.1) is 0 Å². The summed E-state index contributed by atoms with van der Waals surface area (Å²) in [4.78, 5) is 10.4. The number of carbonyl (C=O) groups is 1. The lowest BCUT2D eigenvalue weighted by atomic mass is 10.1. The summed E-state index contributed by atoms with van der Waals surface area (Å²) in [5, 5.41) is 39.5. The summed E-state index contributed by atoms with van der Waals surface area (Å²) in [7, 11) is 0. The Bertz CT molecular complexity index is 367. The van der Waals surface area contributed by atoms with Gasteiger partial charge < -0.3 is 25.7 Å². The molecule has 3 atom stereocenters. The van der Waals surface area contributed by atoms with E-state index in [0.29, 0.717) is 11.3 Å². The number of aldehydes is 1. The predicted octanol–water partition coefficient (Wildman–Crippen LogP) is -1.01. The molecule has 1 aromatic rings. The van der Waals surface area contributed by atoms with Gasteiger partial charge in [-0.15, -0.1) is 0 Å². The maximum Gasteiger partial charge on any atom is 0.150 e. The highest BCUT2D eigenvalue weighted by Crippen LogP contribution is 2.09. The van der Waals surface area contributed by atoms with Crippen LogP contribution in [0.25, 0.3) is 0 Å². The van der Waals surface area contributed by atoms with Crippen molar-refractivity contribution < 1.29 is 25.2 Å². The summed E-state index contributed by atoms with van der Waals surface area (Å²) in [5.74, 6) is 0.